The number of carbonyl (C=O) groups is 1. The number of rotatable bonds is 3. The minimum Gasteiger partial charge on any atom is -0.382 e. The van der Waals surface area contributed by atoms with Crippen molar-refractivity contribution >= 4 is 11.7 Å². The van der Waals surface area contributed by atoms with Crippen molar-refractivity contribution in [3.05, 3.63) is 11.8 Å². The van der Waals surface area contributed by atoms with Crippen LogP contribution in [0.4, 0.5) is 5.82 Å². The first kappa shape index (κ1) is 10.6. The van der Waals surface area contributed by atoms with Crippen LogP contribution in [0.1, 0.15) is 12.0 Å². The molecule has 0 atom stereocenters. The Morgan fingerprint density at radius 3 is 2.71 bits per heavy atom. The fourth-order valence-electron chi connectivity index (χ4n) is 1.08. The Labute approximate surface area is 83.5 Å². The summed E-state index contributed by atoms with van der Waals surface area (Å²) in [6.07, 6.45) is 2.30. The van der Waals surface area contributed by atoms with Gasteiger partial charge in [0.25, 0.3) is 0 Å². The van der Waals surface area contributed by atoms with E-state index in [4.69, 9.17) is 5.73 Å². The molecule has 1 amide bonds. The number of nitrogen functional groups attached to an aromatic ring is 1. The highest BCUT2D eigenvalue weighted by Crippen LogP contribution is 2.06. The molecule has 0 saturated carbocycles. The summed E-state index contributed by atoms with van der Waals surface area (Å²) in [5, 5.41) is 4.07. The average Bonchev–Trinajstić information content (AvgIpc) is 2.42. The van der Waals surface area contributed by atoms with Gasteiger partial charge in [0, 0.05) is 38.8 Å². The standard InChI is InChI=1S/C9H16N4O/c1-7-6-13(11-9(7)10)5-4-8(14)12(2)3/h6H,4-5H2,1-3H3,(H2,10,11). The lowest BCUT2D eigenvalue weighted by atomic mass is 10.3. The second-order valence-electron chi connectivity index (χ2n) is 3.50. The van der Waals surface area contributed by atoms with E-state index in [0.717, 1.165) is 5.56 Å². The van der Waals surface area contributed by atoms with Gasteiger partial charge < -0.3 is 10.6 Å². The van der Waals surface area contributed by atoms with Gasteiger partial charge in [0.15, 0.2) is 0 Å². The Kier molecular flexibility index (Phi) is 3.11. The van der Waals surface area contributed by atoms with Crippen LogP contribution in [0, 0.1) is 6.92 Å². The first-order valence-electron chi connectivity index (χ1n) is 4.50. The number of aromatic nitrogens is 2. The van der Waals surface area contributed by atoms with E-state index in [2.05, 4.69) is 5.10 Å². The SMILES string of the molecule is Cc1cn(CCC(=O)N(C)C)nc1N. The lowest BCUT2D eigenvalue weighted by Gasteiger charge is -2.09. The quantitative estimate of drug-likeness (QED) is 0.753. The molecule has 0 saturated heterocycles. The van der Waals surface area contributed by atoms with Gasteiger partial charge >= 0.3 is 0 Å². The first-order valence-corrected chi connectivity index (χ1v) is 4.50. The molecule has 0 aliphatic heterocycles. The van der Waals surface area contributed by atoms with Gasteiger partial charge in [-0.25, -0.2) is 0 Å². The summed E-state index contributed by atoms with van der Waals surface area (Å²) in [7, 11) is 3.48. The first-order chi connectivity index (χ1) is 6.50. The van der Waals surface area contributed by atoms with Crippen LogP contribution < -0.4 is 5.73 Å². The Balaban J connectivity index is 2.50. The van der Waals surface area contributed by atoms with Gasteiger partial charge in [0.1, 0.15) is 5.82 Å². The van der Waals surface area contributed by atoms with Gasteiger partial charge in [-0.1, -0.05) is 0 Å². The molecular weight excluding hydrogens is 180 g/mol. The zero-order chi connectivity index (χ0) is 10.7. The fourth-order valence-corrected chi connectivity index (χ4v) is 1.08. The van der Waals surface area contributed by atoms with Gasteiger partial charge in [0.05, 0.1) is 0 Å². The third kappa shape index (κ3) is 2.48. The van der Waals surface area contributed by atoms with E-state index in [0.29, 0.717) is 18.8 Å². The van der Waals surface area contributed by atoms with Crippen molar-refractivity contribution in [2.24, 2.45) is 0 Å². The molecule has 0 aromatic carbocycles. The predicted molar refractivity (Wildman–Crippen MR) is 54.7 cm³/mol. The molecule has 0 aliphatic carbocycles. The maximum Gasteiger partial charge on any atom is 0.223 e. The lowest BCUT2D eigenvalue weighted by Crippen LogP contribution is -2.22. The van der Waals surface area contributed by atoms with Gasteiger partial charge in [-0.3, -0.25) is 9.48 Å². The molecule has 0 unspecified atom stereocenters. The van der Waals surface area contributed by atoms with Gasteiger partial charge in [0.2, 0.25) is 5.91 Å². The van der Waals surface area contributed by atoms with Crippen molar-refractivity contribution in [1.29, 1.82) is 0 Å². The van der Waals surface area contributed by atoms with E-state index in [1.54, 1.807) is 23.7 Å². The summed E-state index contributed by atoms with van der Waals surface area (Å²) in [5.74, 6) is 0.624. The maximum atomic E-state index is 11.3. The van der Waals surface area contributed by atoms with E-state index in [1.165, 1.54) is 0 Å². The van der Waals surface area contributed by atoms with E-state index in [9.17, 15) is 4.79 Å². The summed E-state index contributed by atoms with van der Waals surface area (Å²) in [5.41, 5.74) is 6.53. The Morgan fingerprint density at radius 1 is 1.64 bits per heavy atom. The molecule has 0 radical (unpaired) electrons. The van der Waals surface area contributed by atoms with E-state index in [1.807, 2.05) is 13.1 Å². The highest BCUT2D eigenvalue weighted by molar-refractivity contribution is 5.75. The Hall–Kier alpha value is -1.52. The number of aryl methyl sites for hydroxylation is 2. The van der Waals surface area contributed by atoms with Crippen LogP contribution in [0.5, 0.6) is 0 Å². The molecule has 0 bridgehead atoms. The van der Waals surface area contributed by atoms with Gasteiger partial charge in [-0.05, 0) is 6.92 Å². The van der Waals surface area contributed by atoms with Crippen LogP contribution in [-0.2, 0) is 11.3 Å². The molecule has 1 aromatic rings. The molecule has 1 rings (SSSR count). The summed E-state index contributed by atoms with van der Waals surface area (Å²) in [4.78, 5) is 12.8. The molecular formula is C9H16N4O. The molecule has 5 nitrogen and oxygen atoms in total. The van der Waals surface area contributed by atoms with Crippen molar-refractivity contribution < 1.29 is 4.79 Å². The number of amides is 1. The largest absolute Gasteiger partial charge is 0.382 e. The molecule has 0 spiro atoms. The minimum atomic E-state index is 0.0942. The third-order valence-electron chi connectivity index (χ3n) is 2.04. The van der Waals surface area contributed by atoms with Crippen LogP contribution in [0.15, 0.2) is 6.20 Å². The van der Waals surface area contributed by atoms with Crippen LogP contribution in [0.25, 0.3) is 0 Å². The number of anilines is 1. The summed E-state index contributed by atoms with van der Waals surface area (Å²) in [6, 6.07) is 0. The second-order valence-corrected chi connectivity index (χ2v) is 3.50. The lowest BCUT2D eigenvalue weighted by molar-refractivity contribution is -0.128. The minimum absolute atomic E-state index is 0.0942. The number of hydrogen-bond donors (Lipinski definition) is 1. The van der Waals surface area contributed by atoms with E-state index < -0.39 is 0 Å². The van der Waals surface area contributed by atoms with Crippen LogP contribution in [-0.4, -0.2) is 34.7 Å². The number of nitrogens with zero attached hydrogens (tertiary/aromatic N) is 3. The molecule has 5 heteroatoms. The number of carbonyl (C=O) groups excluding carboxylic acids is 1. The zero-order valence-electron chi connectivity index (χ0n) is 8.82. The van der Waals surface area contributed by atoms with E-state index >= 15 is 0 Å². The monoisotopic (exact) mass is 196 g/mol. The molecule has 14 heavy (non-hydrogen) atoms. The van der Waals surface area contributed by atoms with Gasteiger partial charge in [-0.15, -0.1) is 0 Å². The Morgan fingerprint density at radius 2 is 2.29 bits per heavy atom. The molecule has 0 fully saturated rings. The van der Waals surface area contributed by atoms with Crippen LogP contribution in [0.2, 0.25) is 0 Å². The summed E-state index contributed by atoms with van der Waals surface area (Å²) >= 11 is 0. The van der Waals surface area contributed by atoms with Crippen LogP contribution in [0.3, 0.4) is 0 Å². The van der Waals surface area contributed by atoms with E-state index in [-0.39, 0.29) is 5.91 Å². The van der Waals surface area contributed by atoms with Crippen molar-refractivity contribution in [3.63, 3.8) is 0 Å². The number of hydrogen-bond acceptors (Lipinski definition) is 3. The highest BCUT2D eigenvalue weighted by Gasteiger charge is 2.05. The molecule has 0 aliphatic rings. The number of nitrogens with two attached hydrogens (primary N) is 1. The van der Waals surface area contributed by atoms with Crippen molar-refractivity contribution in [1.82, 2.24) is 14.7 Å². The normalized spacial score (nSPS) is 10.2. The molecule has 1 heterocycles. The van der Waals surface area contributed by atoms with Gasteiger partial charge in [-0.2, -0.15) is 5.10 Å². The van der Waals surface area contributed by atoms with Crippen molar-refractivity contribution in [2.75, 3.05) is 19.8 Å². The molecule has 2 N–H and O–H groups in total. The summed E-state index contributed by atoms with van der Waals surface area (Å²) < 4.78 is 1.70. The fraction of sp³-hybridized carbons (Fsp3) is 0.556. The average molecular weight is 196 g/mol. The van der Waals surface area contributed by atoms with Crippen LogP contribution >= 0.6 is 0 Å². The Bertz CT molecular complexity index is 310. The predicted octanol–water partition coefficient (Wildman–Crippen LogP) is 0.252. The third-order valence-corrected chi connectivity index (χ3v) is 2.04. The molecule has 78 valence electrons. The highest BCUT2D eigenvalue weighted by atomic mass is 16.2. The summed E-state index contributed by atoms with van der Waals surface area (Å²) in [6.45, 7) is 2.47. The topological polar surface area (TPSA) is 64.2 Å². The zero-order valence-corrected chi connectivity index (χ0v) is 8.82. The molecule has 1 aromatic heterocycles. The second kappa shape index (κ2) is 4.13. The maximum absolute atomic E-state index is 11.3. The smallest absolute Gasteiger partial charge is 0.223 e. The van der Waals surface area contributed by atoms with Crippen molar-refractivity contribution in [2.45, 2.75) is 19.9 Å². The van der Waals surface area contributed by atoms with Crippen molar-refractivity contribution in [3.8, 4) is 0 Å².